The van der Waals surface area contributed by atoms with Crippen LogP contribution in [0.15, 0.2) is 96.6 Å². The fourth-order valence-electron chi connectivity index (χ4n) is 6.42. The molecule has 3 unspecified atom stereocenters. The van der Waals surface area contributed by atoms with Gasteiger partial charge < -0.3 is 24.0 Å². The van der Waals surface area contributed by atoms with Crippen LogP contribution in [0.2, 0.25) is 5.02 Å². The van der Waals surface area contributed by atoms with Crippen LogP contribution in [0.4, 0.5) is 11.4 Å². The van der Waals surface area contributed by atoms with E-state index in [-0.39, 0.29) is 17.8 Å². The lowest BCUT2D eigenvalue weighted by Crippen LogP contribution is -2.46. The molecule has 7 rings (SSSR count). The van der Waals surface area contributed by atoms with Crippen molar-refractivity contribution in [1.82, 2.24) is 24.3 Å². The lowest BCUT2D eigenvalue weighted by molar-refractivity contribution is -0.178. The van der Waals surface area contributed by atoms with Crippen molar-refractivity contribution in [3.05, 3.63) is 122 Å². The smallest absolute Gasteiger partial charge is 0.350 e. The third kappa shape index (κ3) is 7.39. The predicted octanol–water partition coefficient (Wildman–Crippen LogP) is 6.27. The van der Waals surface area contributed by atoms with E-state index in [1.165, 1.54) is 6.33 Å². The fraction of sp³-hybridized carbons (Fsp3) is 0.351. The van der Waals surface area contributed by atoms with Gasteiger partial charge in [0.2, 0.25) is 5.79 Å². The van der Waals surface area contributed by atoms with Gasteiger partial charge in [0.15, 0.2) is 0 Å². The first-order valence-corrected chi connectivity index (χ1v) is 18.3. The fourth-order valence-corrected chi connectivity index (χ4v) is 7.42. The molecular formula is C37H39ClIN7O4. The summed E-state index contributed by atoms with van der Waals surface area (Å²) in [5.74, 6) is -0.295. The Morgan fingerprint density at radius 1 is 0.960 bits per heavy atom. The lowest BCUT2D eigenvalue weighted by atomic mass is 9.99. The van der Waals surface area contributed by atoms with E-state index in [4.69, 9.17) is 25.8 Å². The first-order valence-electron chi connectivity index (χ1n) is 16.8. The maximum absolute atomic E-state index is 12.8. The lowest BCUT2D eigenvalue weighted by Gasteiger charge is -2.37. The number of piperazine rings is 1. The minimum absolute atomic E-state index is 0.0672. The van der Waals surface area contributed by atoms with Crippen molar-refractivity contribution in [3.63, 3.8) is 0 Å². The Labute approximate surface area is 309 Å². The quantitative estimate of drug-likeness (QED) is 0.143. The molecule has 2 aromatic heterocycles. The molecule has 0 spiro atoms. The van der Waals surface area contributed by atoms with E-state index >= 15 is 0 Å². The van der Waals surface area contributed by atoms with Crippen LogP contribution in [0.3, 0.4) is 0 Å². The second-order valence-electron chi connectivity index (χ2n) is 12.6. The van der Waals surface area contributed by atoms with Crippen LogP contribution in [0.25, 0.3) is 5.69 Å². The first-order chi connectivity index (χ1) is 24.3. The van der Waals surface area contributed by atoms with Crippen molar-refractivity contribution >= 4 is 45.6 Å². The Morgan fingerprint density at radius 2 is 1.60 bits per heavy atom. The SMILES string of the molecule is CCC(C)n1ncn(-c2ccc(N3CCN(c4ccc(OCC5COC(Cc6cncnc6)(c6ccc(I)cc6Cl)O5)cc4)CC3)cc2)c1=O. The second-order valence-corrected chi connectivity index (χ2v) is 14.3. The van der Waals surface area contributed by atoms with Crippen molar-refractivity contribution in [1.29, 1.82) is 0 Å². The van der Waals surface area contributed by atoms with Crippen LogP contribution in [0.1, 0.15) is 37.4 Å². The summed E-state index contributed by atoms with van der Waals surface area (Å²) in [4.78, 5) is 25.9. The number of aromatic nitrogens is 5. The Kier molecular flexibility index (Phi) is 10.4. The molecule has 3 atom stereocenters. The number of anilines is 2. The van der Waals surface area contributed by atoms with Gasteiger partial charge in [0, 0.05) is 65.5 Å². The molecule has 2 aliphatic heterocycles. The molecule has 0 aliphatic carbocycles. The van der Waals surface area contributed by atoms with Crippen LogP contribution in [0, 0.1) is 3.57 Å². The van der Waals surface area contributed by atoms with Crippen molar-refractivity contribution in [3.8, 4) is 11.4 Å². The highest BCUT2D eigenvalue weighted by molar-refractivity contribution is 14.1. The number of hydrogen-bond donors (Lipinski definition) is 0. The number of hydrogen-bond acceptors (Lipinski definition) is 9. The zero-order valence-corrected chi connectivity index (χ0v) is 30.9. The Hall–Kier alpha value is -3.98. The van der Waals surface area contributed by atoms with Crippen LogP contribution < -0.4 is 20.2 Å². The van der Waals surface area contributed by atoms with E-state index in [1.807, 2.05) is 49.4 Å². The number of ether oxygens (including phenoxy) is 3. The Balaban J connectivity index is 0.930. The number of rotatable bonds is 11. The average Bonchev–Trinajstić information content (AvgIpc) is 3.74. The van der Waals surface area contributed by atoms with Crippen LogP contribution >= 0.6 is 34.2 Å². The van der Waals surface area contributed by atoms with Gasteiger partial charge >= 0.3 is 5.69 Å². The van der Waals surface area contributed by atoms with E-state index < -0.39 is 5.79 Å². The molecule has 0 bridgehead atoms. The molecule has 3 aromatic carbocycles. The van der Waals surface area contributed by atoms with Crippen molar-refractivity contribution in [2.75, 3.05) is 49.2 Å². The van der Waals surface area contributed by atoms with E-state index in [1.54, 1.807) is 28.0 Å². The average molecular weight is 808 g/mol. The maximum Gasteiger partial charge on any atom is 0.350 e. The summed E-state index contributed by atoms with van der Waals surface area (Å²) in [7, 11) is 0. The van der Waals surface area contributed by atoms with E-state index in [2.05, 4.69) is 78.6 Å². The highest BCUT2D eigenvalue weighted by atomic mass is 127. The molecular weight excluding hydrogens is 769 g/mol. The minimum Gasteiger partial charge on any atom is -0.491 e. The van der Waals surface area contributed by atoms with Gasteiger partial charge in [0.05, 0.1) is 23.4 Å². The summed E-state index contributed by atoms with van der Waals surface area (Å²) < 4.78 is 23.3. The minimum atomic E-state index is -1.06. The van der Waals surface area contributed by atoms with Gasteiger partial charge in [-0.25, -0.2) is 24.0 Å². The topological polar surface area (TPSA) is 99.8 Å². The van der Waals surface area contributed by atoms with Crippen LogP contribution in [-0.4, -0.2) is 69.8 Å². The molecule has 0 amide bonds. The molecule has 4 heterocycles. The molecule has 0 radical (unpaired) electrons. The molecule has 2 fully saturated rings. The number of benzene rings is 3. The van der Waals surface area contributed by atoms with E-state index in [0.29, 0.717) is 24.7 Å². The molecule has 0 saturated carbocycles. The molecule has 5 aromatic rings. The molecule has 2 aliphatic rings. The number of nitrogens with zero attached hydrogens (tertiary/aromatic N) is 7. The number of halogens is 2. The molecule has 0 N–H and O–H groups in total. The summed E-state index contributed by atoms with van der Waals surface area (Å²) in [6.45, 7) is 8.33. The Morgan fingerprint density at radius 3 is 2.24 bits per heavy atom. The van der Waals surface area contributed by atoms with Gasteiger partial charge in [-0.15, -0.1) is 0 Å². The van der Waals surface area contributed by atoms with E-state index in [9.17, 15) is 4.79 Å². The van der Waals surface area contributed by atoms with Gasteiger partial charge in [0.25, 0.3) is 0 Å². The van der Waals surface area contributed by atoms with Crippen molar-refractivity contribution in [2.24, 2.45) is 0 Å². The zero-order valence-electron chi connectivity index (χ0n) is 28.0. The standard InChI is InChI=1S/C37H39ClIN7O4/c1-3-26(2)46-36(47)45(25-42-46)31-7-5-29(6-8-31)43-14-16-44(17-15-43)30-9-11-32(12-10-30)48-22-33-23-49-37(50-33,19-27-20-40-24-41-21-27)34-13-4-28(39)18-35(34)38/h4-13,18,20-21,24-26,33H,3,14-17,19,22-23H2,1-2H3. The summed E-state index contributed by atoms with van der Waals surface area (Å²) in [6, 6.07) is 22.3. The second kappa shape index (κ2) is 15.1. The normalized spacial score (nSPS) is 19.9. The molecule has 2 saturated heterocycles. The van der Waals surface area contributed by atoms with Crippen molar-refractivity contribution in [2.45, 2.75) is 44.6 Å². The van der Waals surface area contributed by atoms with Crippen molar-refractivity contribution < 1.29 is 14.2 Å². The van der Waals surface area contributed by atoms with E-state index in [0.717, 1.165) is 70.1 Å². The largest absolute Gasteiger partial charge is 0.491 e. The van der Waals surface area contributed by atoms with Gasteiger partial charge in [-0.05, 0) is 102 Å². The van der Waals surface area contributed by atoms with Gasteiger partial charge in [0.1, 0.15) is 31.1 Å². The van der Waals surface area contributed by atoms with Gasteiger partial charge in [-0.1, -0.05) is 24.6 Å². The van der Waals surface area contributed by atoms with Gasteiger partial charge in [-0.3, -0.25) is 0 Å². The highest BCUT2D eigenvalue weighted by Crippen LogP contribution is 2.41. The summed E-state index contributed by atoms with van der Waals surface area (Å²) in [5.41, 5.74) is 4.66. The molecule has 11 nitrogen and oxygen atoms in total. The van der Waals surface area contributed by atoms with Crippen LogP contribution in [0.5, 0.6) is 5.75 Å². The predicted molar refractivity (Wildman–Crippen MR) is 202 cm³/mol. The molecule has 260 valence electrons. The third-order valence-corrected chi connectivity index (χ3v) is 10.3. The highest BCUT2D eigenvalue weighted by Gasteiger charge is 2.45. The summed E-state index contributed by atoms with van der Waals surface area (Å²) in [6.07, 6.45) is 7.62. The Bertz CT molecular complexity index is 1950. The van der Waals surface area contributed by atoms with Crippen LogP contribution in [-0.2, 0) is 21.7 Å². The molecule has 50 heavy (non-hydrogen) atoms. The first kappa shape index (κ1) is 34.5. The maximum atomic E-state index is 12.8. The zero-order chi connectivity index (χ0) is 34.7. The summed E-state index contributed by atoms with van der Waals surface area (Å²) >= 11 is 8.94. The van der Waals surface area contributed by atoms with Gasteiger partial charge in [-0.2, -0.15) is 5.10 Å². The third-order valence-electron chi connectivity index (χ3n) is 9.36. The molecule has 13 heteroatoms. The summed E-state index contributed by atoms with van der Waals surface area (Å²) in [5, 5.41) is 4.89. The monoisotopic (exact) mass is 807 g/mol.